The van der Waals surface area contributed by atoms with Gasteiger partial charge in [0.15, 0.2) is 0 Å². The molecule has 0 fully saturated rings. The number of rotatable bonds is 17. The maximum atomic E-state index is 10.4. The number of carboxylic acids is 1. The molecule has 0 aliphatic carbocycles. The Morgan fingerprint density at radius 3 is 2.04 bits per heavy atom. The second kappa shape index (κ2) is 19.7. The maximum Gasteiger partial charge on any atom is 1.00 e. The van der Waals surface area contributed by atoms with E-state index in [1.165, 1.54) is 62.7 Å². The average Bonchev–Trinajstić information content (AvgIpc) is 2.47. The number of carbonyl (C=O) groups excluding carboxylic acids is 1. The first-order valence-electron chi connectivity index (χ1n) is 9.20. The van der Waals surface area contributed by atoms with Crippen LogP contribution in [0.3, 0.4) is 0 Å². The fraction of sp³-hybridized carbons (Fsp3) is 0.944. The molecule has 1 atom stereocenters. The van der Waals surface area contributed by atoms with Crippen LogP contribution < -0.4 is 34.7 Å². The third kappa shape index (κ3) is 20.4. The first-order valence-corrected chi connectivity index (χ1v) is 9.20. The zero-order valence-electron chi connectivity index (χ0n) is 16.1. The molecule has 0 amide bonds. The van der Waals surface area contributed by atoms with Crippen molar-refractivity contribution in [1.29, 1.82) is 0 Å². The number of aliphatic hydroxyl groups excluding tert-OH is 1. The van der Waals surface area contributed by atoms with Crippen molar-refractivity contribution in [1.82, 2.24) is 4.90 Å². The number of carbonyl (C=O) groups is 1. The zero-order chi connectivity index (χ0) is 17.3. The van der Waals surface area contributed by atoms with Crippen LogP contribution in [0.25, 0.3) is 0 Å². The molecule has 0 radical (unpaired) electrons. The quantitative estimate of drug-likeness (QED) is 0.267. The molecule has 0 aromatic carbocycles. The Morgan fingerprint density at radius 1 is 1.04 bits per heavy atom. The molecule has 0 rings (SSSR count). The number of nitrogens with zero attached hydrogens (tertiary/aromatic N) is 1. The molecular weight excluding hydrogens is 317 g/mol. The first-order chi connectivity index (χ1) is 11.1. The largest absolute Gasteiger partial charge is 1.00 e. The topological polar surface area (TPSA) is 72.8 Å². The number of ether oxygens (including phenoxy) is 1. The van der Waals surface area contributed by atoms with E-state index in [-0.39, 0.29) is 49.3 Å². The van der Waals surface area contributed by atoms with E-state index >= 15 is 0 Å². The SMILES string of the molecule is CCCCCCCCCCCCOCC(O)CN(C)CC(=O)[O-].[Na+]. The smallest absolute Gasteiger partial charge is 0.549 e. The minimum absolute atomic E-state index is 0. The van der Waals surface area contributed by atoms with Crippen molar-refractivity contribution in [3.8, 4) is 0 Å². The van der Waals surface area contributed by atoms with Crippen molar-refractivity contribution >= 4 is 5.97 Å². The Morgan fingerprint density at radius 2 is 1.54 bits per heavy atom. The van der Waals surface area contributed by atoms with E-state index < -0.39 is 12.1 Å². The molecule has 0 saturated heterocycles. The third-order valence-electron chi connectivity index (χ3n) is 3.87. The van der Waals surface area contributed by atoms with Gasteiger partial charge < -0.3 is 19.7 Å². The van der Waals surface area contributed by atoms with Gasteiger partial charge in [-0.05, 0) is 13.5 Å². The molecule has 24 heavy (non-hydrogen) atoms. The minimum atomic E-state index is -1.13. The molecule has 6 heteroatoms. The van der Waals surface area contributed by atoms with Crippen molar-refractivity contribution in [3.05, 3.63) is 0 Å². The molecule has 0 bridgehead atoms. The number of hydrogen-bond donors (Lipinski definition) is 1. The molecule has 5 nitrogen and oxygen atoms in total. The molecule has 0 aliphatic heterocycles. The van der Waals surface area contributed by atoms with Gasteiger partial charge in [-0.25, -0.2) is 0 Å². The van der Waals surface area contributed by atoms with Gasteiger partial charge in [-0.15, -0.1) is 0 Å². The summed E-state index contributed by atoms with van der Waals surface area (Å²) < 4.78 is 5.43. The van der Waals surface area contributed by atoms with Gasteiger partial charge in [0.2, 0.25) is 0 Å². The number of carboxylic acid groups (broad SMARTS) is 1. The van der Waals surface area contributed by atoms with Crippen molar-refractivity contribution in [3.63, 3.8) is 0 Å². The second-order valence-electron chi connectivity index (χ2n) is 6.48. The van der Waals surface area contributed by atoms with Crippen LogP contribution in [0.15, 0.2) is 0 Å². The van der Waals surface area contributed by atoms with E-state index in [2.05, 4.69) is 6.92 Å². The van der Waals surface area contributed by atoms with E-state index in [0.717, 1.165) is 6.42 Å². The van der Waals surface area contributed by atoms with Crippen LogP contribution in [0.5, 0.6) is 0 Å². The molecule has 1 N–H and O–H groups in total. The number of hydrogen-bond acceptors (Lipinski definition) is 5. The third-order valence-corrected chi connectivity index (χ3v) is 3.87. The Labute approximate surface area is 170 Å². The van der Waals surface area contributed by atoms with E-state index in [4.69, 9.17) is 4.74 Å². The Bertz CT molecular complexity index is 280. The number of unbranched alkanes of at least 4 members (excludes halogenated alkanes) is 9. The van der Waals surface area contributed by atoms with Gasteiger partial charge in [-0.3, -0.25) is 4.90 Å². The van der Waals surface area contributed by atoms with Crippen LogP contribution in [0.1, 0.15) is 71.1 Å². The maximum absolute atomic E-state index is 10.4. The molecule has 0 aromatic rings. The summed E-state index contributed by atoms with van der Waals surface area (Å²) in [5, 5.41) is 20.1. The molecule has 138 valence electrons. The predicted molar refractivity (Wildman–Crippen MR) is 91.2 cm³/mol. The van der Waals surface area contributed by atoms with Crippen molar-refractivity contribution < 1.29 is 49.3 Å². The van der Waals surface area contributed by atoms with Crippen LogP contribution in [0, 0.1) is 0 Å². The van der Waals surface area contributed by atoms with Crippen LogP contribution in [0.2, 0.25) is 0 Å². The van der Waals surface area contributed by atoms with Crippen LogP contribution in [-0.4, -0.2) is 55.4 Å². The summed E-state index contributed by atoms with van der Waals surface area (Å²) in [6.45, 7) is 3.28. The van der Waals surface area contributed by atoms with E-state index in [9.17, 15) is 15.0 Å². The summed E-state index contributed by atoms with van der Waals surface area (Å²) in [6, 6.07) is 0. The van der Waals surface area contributed by atoms with Crippen molar-refractivity contribution in [2.24, 2.45) is 0 Å². The van der Waals surface area contributed by atoms with E-state index in [1.54, 1.807) is 7.05 Å². The van der Waals surface area contributed by atoms with Crippen molar-refractivity contribution in [2.45, 2.75) is 77.2 Å². The average molecular weight is 353 g/mol. The van der Waals surface area contributed by atoms with Gasteiger partial charge in [-0.1, -0.05) is 64.7 Å². The summed E-state index contributed by atoms with van der Waals surface area (Å²) in [6.07, 6.45) is 12.3. The van der Waals surface area contributed by atoms with Crippen LogP contribution in [0.4, 0.5) is 0 Å². The molecular formula is C18H36NNaO4. The number of aliphatic carboxylic acids is 1. The number of aliphatic hydroxyl groups is 1. The van der Waals surface area contributed by atoms with Gasteiger partial charge in [-0.2, -0.15) is 0 Å². The molecule has 0 spiro atoms. The summed E-state index contributed by atoms with van der Waals surface area (Å²) in [5.41, 5.74) is 0. The molecule has 0 saturated carbocycles. The van der Waals surface area contributed by atoms with E-state index in [0.29, 0.717) is 6.61 Å². The Hall–Kier alpha value is 0.350. The Kier molecular flexibility index (Phi) is 21.8. The van der Waals surface area contributed by atoms with E-state index in [1.807, 2.05) is 0 Å². The van der Waals surface area contributed by atoms with Gasteiger partial charge in [0.05, 0.1) is 18.7 Å². The van der Waals surface area contributed by atoms with Gasteiger partial charge in [0.1, 0.15) is 0 Å². The van der Waals surface area contributed by atoms with Crippen LogP contribution in [-0.2, 0) is 9.53 Å². The predicted octanol–water partition coefficient (Wildman–Crippen LogP) is -1.03. The second-order valence-corrected chi connectivity index (χ2v) is 6.48. The standard InChI is InChI=1S/C18H37NO4.Na/c1-3-4-5-6-7-8-9-10-11-12-13-23-16-17(20)14-19(2)15-18(21)22;/h17,20H,3-16H2,1-2H3,(H,21,22);/q;+1/p-1. The molecule has 0 aliphatic rings. The Balaban J connectivity index is 0. The molecule has 0 heterocycles. The zero-order valence-corrected chi connectivity index (χ0v) is 18.1. The van der Waals surface area contributed by atoms with Crippen molar-refractivity contribution in [2.75, 3.05) is 33.4 Å². The van der Waals surface area contributed by atoms with Gasteiger partial charge in [0.25, 0.3) is 0 Å². The summed E-state index contributed by atoms with van der Waals surface area (Å²) in [7, 11) is 1.64. The summed E-state index contributed by atoms with van der Waals surface area (Å²) in [5.74, 6) is -1.13. The van der Waals surface area contributed by atoms with Crippen LogP contribution >= 0.6 is 0 Å². The monoisotopic (exact) mass is 353 g/mol. The fourth-order valence-electron chi connectivity index (χ4n) is 2.61. The normalized spacial score (nSPS) is 12.2. The summed E-state index contributed by atoms with van der Waals surface area (Å²) >= 11 is 0. The van der Waals surface area contributed by atoms with Gasteiger partial charge in [0, 0.05) is 19.7 Å². The molecule has 1 unspecified atom stereocenters. The van der Waals surface area contributed by atoms with Gasteiger partial charge >= 0.3 is 29.6 Å². The number of likely N-dealkylation sites (N-methyl/N-ethyl adjacent to an activating group) is 1. The fourth-order valence-corrected chi connectivity index (χ4v) is 2.61. The molecule has 0 aromatic heterocycles. The summed E-state index contributed by atoms with van der Waals surface area (Å²) in [4.78, 5) is 11.9. The minimum Gasteiger partial charge on any atom is -0.549 e. The first kappa shape index (κ1) is 26.6.